The molecule has 0 saturated carbocycles. The quantitative estimate of drug-likeness (QED) is 0.449. The van der Waals surface area contributed by atoms with E-state index >= 15 is 0 Å². The molecule has 126 valence electrons. The van der Waals surface area contributed by atoms with Gasteiger partial charge in [0.2, 0.25) is 0 Å². The molecule has 6 heterocycles. The van der Waals surface area contributed by atoms with Gasteiger partial charge in [0.25, 0.3) is 5.79 Å². The summed E-state index contributed by atoms with van der Waals surface area (Å²) in [7, 11) is -6.85. The molecule has 0 aromatic rings. The lowest BCUT2D eigenvalue weighted by molar-refractivity contribution is -0.524. The summed E-state index contributed by atoms with van der Waals surface area (Å²) in [6.07, 6.45) is 8.08. The third kappa shape index (κ3) is 2.13. The predicted molar refractivity (Wildman–Crippen MR) is 73.6 cm³/mol. The van der Waals surface area contributed by atoms with Crippen molar-refractivity contribution in [1.82, 2.24) is 0 Å². The second-order valence-corrected chi connectivity index (χ2v) is 8.99. The van der Waals surface area contributed by atoms with E-state index in [1.807, 2.05) is 0 Å². The monoisotopic (exact) mass is 354 g/mol. The van der Waals surface area contributed by atoms with E-state index in [1.165, 1.54) is 25.7 Å². The molecule has 6 fully saturated rings. The highest BCUT2D eigenvalue weighted by Crippen LogP contribution is 2.90. The number of hydrogen-bond acceptors (Lipinski definition) is 8. The van der Waals surface area contributed by atoms with E-state index in [1.54, 1.807) is 0 Å². The fourth-order valence-electron chi connectivity index (χ4n) is 3.22. The van der Waals surface area contributed by atoms with Crippen LogP contribution in [0.3, 0.4) is 0 Å². The summed E-state index contributed by atoms with van der Waals surface area (Å²) < 4.78 is 54.2. The third-order valence-corrected chi connectivity index (χ3v) is 7.26. The largest absolute Gasteiger partial charge is 0.488 e. The normalized spacial score (nSPS) is 51.0. The van der Waals surface area contributed by atoms with E-state index in [9.17, 15) is 9.13 Å². The lowest BCUT2D eigenvalue weighted by Crippen LogP contribution is -2.75. The van der Waals surface area contributed by atoms with Gasteiger partial charge in [0.1, 0.15) is 6.10 Å². The Morgan fingerprint density at radius 2 is 1.41 bits per heavy atom. The lowest BCUT2D eigenvalue weighted by Gasteiger charge is -2.61. The highest BCUT2D eigenvalue weighted by Gasteiger charge is 2.94. The Hall–Kier alpha value is 0.220. The van der Waals surface area contributed by atoms with Gasteiger partial charge in [-0.25, -0.2) is 31.7 Å². The Morgan fingerprint density at radius 3 is 2.00 bits per heavy atom. The van der Waals surface area contributed by atoms with Crippen LogP contribution < -0.4 is 0 Å². The first-order valence-corrected chi connectivity index (χ1v) is 10.8. The molecule has 6 saturated heterocycles. The molecule has 0 N–H and O–H groups in total. The molecule has 0 aromatic heterocycles. The summed E-state index contributed by atoms with van der Waals surface area (Å²) in [6, 6.07) is 0. The minimum atomic E-state index is -3.49. The van der Waals surface area contributed by atoms with Crippen molar-refractivity contribution in [2.24, 2.45) is 0 Å². The van der Waals surface area contributed by atoms with Crippen molar-refractivity contribution in [2.75, 3.05) is 0 Å². The van der Waals surface area contributed by atoms with E-state index in [-0.39, 0.29) is 0 Å². The zero-order valence-corrected chi connectivity index (χ0v) is 14.2. The Bertz CT molecular complexity index is 527. The summed E-state index contributed by atoms with van der Waals surface area (Å²) in [5.41, 5.74) is 0. The van der Waals surface area contributed by atoms with E-state index in [0.717, 1.165) is 19.3 Å². The number of unbranched alkanes of at least 4 members (excludes halogenated alkanes) is 6. The van der Waals surface area contributed by atoms with Crippen LogP contribution in [0, 0.1) is 0 Å². The van der Waals surface area contributed by atoms with Crippen molar-refractivity contribution in [2.45, 2.75) is 76.2 Å². The standard InChI is InChI=1S/C12H20O8P2/c1-2-3-4-5-6-7-8-9-10-11(16-21(13,15-10)17-11)12-18-22(14,19-12)20-12/h10H,2-9H2,1H3. The first-order chi connectivity index (χ1) is 10.5. The van der Waals surface area contributed by atoms with Crippen LogP contribution >= 0.6 is 15.6 Å². The van der Waals surface area contributed by atoms with Crippen LogP contribution in [-0.2, 0) is 36.3 Å². The topological polar surface area (TPSA) is 89.5 Å². The SMILES string of the molecule is CCCCCCCCCC1OP2(=O)OC1(C13OP(=O)(O1)O3)O2. The number of fused-ring (bicyclic) bond motifs is 1. The van der Waals surface area contributed by atoms with Gasteiger partial charge in [0.15, 0.2) is 0 Å². The zero-order chi connectivity index (χ0) is 15.5. The lowest BCUT2D eigenvalue weighted by atomic mass is 10.00. The summed E-state index contributed by atoms with van der Waals surface area (Å²) in [5.74, 6) is -3.14. The number of phosphoric ester groups is 2. The van der Waals surface area contributed by atoms with E-state index < -0.39 is 33.5 Å². The molecule has 0 radical (unpaired) electrons. The van der Waals surface area contributed by atoms with Crippen LogP contribution in [0.2, 0.25) is 0 Å². The average Bonchev–Trinajstić information content (AvgIpc) is 2.81. The first-order valence-electron chi connectivity index (χ1n) is 7.87. The zero-order valence-electron chi connectivity index (χ0n) is 12.4. The molecule has 1 atom stereocenters. The summed E-state index contributed by atoms with van der Waals surface area (Å²) in [6.45, 7) is 2.19. The summed E-state index contributed by atoms with van der Waals surface area (Å²) in [4.78, 5) is 0. The van der Waals surface area contributed by atoms with Gasteiger partial charge >= 0.3 is 21.6 Å². The molecule has 6 aliphatic heterocycles. The number of rotatable bonds is 9. The Balaban J connectivity index is 1.27. The van der Waals surface area contributed by atoms with Gasteiger partial charge in [-0.1, -0.05) is 51.9 Å². The molecular weight excluding hydrogens is 334 g/mol. The average molecular weight is 354 g/mol. The van der Waals surface area contributed by atoms with Crippen LogP contribution in [0.1, 0.15) is 58.3 Å². The van der Waals surface area contributed by atoms with Crippen LogP contribution in [0.5, 0.6) is 0 Å². The van der Waals surface area contributed by atoms with Crippen LogP contribution in [-0.4, -0.2) is 17.9 Å². The highest BCUT2D eigenvalue weighted by molar-refractivity contribution is 7.52. The minimum absolute atomic E-state index is 0.594. The van der Waals surface area contributed by atoms with Crippen molar-refractivity contribution in [3.05, 3.63) is 0 Å². The minimum Gasteiger partial charge on any atom is -0.277 e. The summed E-state index contributed by atoms with van der Waals surface area (Å²) in [5, 5.41) is 0. The fourth-order valence-corrected chi connectivity index (χ4v) is 6.30. The van der Waals surface area contributed by atoms with Gasteiger partial charge in [-0.3, -0.25) is 4.52 Å². The number of phosphoric acid groups is 2. The van der Waals surface area contributed by atoms with Crippen LogP contribution in [0.4, 0.5) is 0 Å². The second kappa shape index (κ2) is 5.11. The third-order valence-electron chi connectivity index (χ3n) is 4.37. The maximum absolute atomic E-state index is 11.9. The first kappa shape index (κ1) is 15.7. The molecule has 10 heteroatoms. The van der Waals surface area contributed by atoms with Gasteiger partial charge in [-0.05, 0) is 6.42 Å². The number of hydrogen-bond donors (Lipinski definition) is 0. The maximum Gasteiger partial charge on any atom is 0.488 e. The summed E-state index contributed by atoms with van der Waals surface area (Å²) >= 11 is 0. The smallest absolute Gasteiger partial charge is 0.277 e. The second-order valence-electron chi connectivity index (χ2n) is 6.08. The molecule has 1 unspecified atom stereocenters. The van der Waals surface area contributed by atoms with Crippen molar-refractivity contribution >= 4 is 15.6 Å². The molecule has 6 aliphatic rings. The van der Waals surface area contributed by atoms with E-state index in [2.05, 4.69) is 6.92 Å². The van der Waals surface area contributed by atoms with Gasteiger partial charge in [0.05, 0.1) is 0 Å². The Labute approximate surface area is 129 Å². The van der Waals surface area contributed by atoms with Crippen LogP contribution in [0.15, 0.2) is 0 Å². The molecule has 0 aliphatic carbocycles. The molecular formula is C12H20O8P2. The van der Waals surface area contributed by atoms with Gasteiger partial charge in [-0.2, -0.15) is 0 Å². The molecule has 6 rings (SSSR count). The molecule has 0 aromatic carbocycles. The van der Waals surface area contributed by atoms with E-state index in [0.29, 0.717) is 6.42 Å². The highest BCUT2D eigenvalue weighted by atomic mass is 31.2. The molecule has 0 amide bonds. The maximum atomic E-state index is 11.9. The molecule has 8 nitrogen and oxygen atoms in total. The Morgan fingerprint density at radius 1 is 0.818 bits per heavy atom. The predicted octanol–water partition coefficient (Wildman–Crippen LogP) is 4.22. The molecule has 22 heavy (non-hydrogen) atoms. The van der Waals surface area contributed by atoms with Gasteiger partial charge < -0.3 is 0 Å². The van der Waals surface area contributed by atoms with Crippen molar-refractivity contribution < 1.29 is 36.3 Å². The molecule has 0 spiro atoms. The van der Waals surface area contributed by atoms with Crippen molar-refractivity contribution in [1.29, 1.82) is 0 Å². The van der Waals surface area contributed by atoms with Crippen molar-refractivity contribution in [3.8, 4) is 0 Å². The Kier molecular flexibility index (Phi) is 3.65. The van der Waals surface area contributed by atoms with E-state index in [4.69, 9.17) is 27.1 Å². The molecule has 4 bridgehead atoms. The van der Waals surface area contributed by atoms with Crippen LogP contribution in [0.25, 0.3) is 0 Å². The van der Waals surface area contributed by atoms with Gasteiger partial charge in [0, 0.05) is 0 Å². The van der Waals surface area contributed by atoms with Crippen molar-refractivity contribution in [3.63, 3.8) is 0 Å². The fraction of sp³-hybridized carbons (Fsp3) is 1.00. The van der Waals surface area contributed by atoms with Gasteiger partial charge in [-0.15, -0.1) is 0 Å².